The summed E-state index contributed by atoms with van der Waals surface area (Å²) in [7, 11) is -1.39. The number of halogens is 3. The van der Waals surface area contributed by atoms with Crippen molar-refractivity contribution in [1.82, 2.24) is 0 Å². The zero-order chi connectivity index (χ0) is 46.6. The maximum Gasteiger partial charge on any atom is 0.488 e. The molecule has 2 N–H and O–H groups in total. The third-order valence-corrected chi connectivity index (χ3v) is 15.2. The van der Waals surface area contributed by atoms with Gasteiger partial charge in [0.1, 0.15) is 0 Å². The highest BCUT2D eigenvalue weighted by Crippen LogP contribution is 2.43. The fourth-order valence-corrected chi connectivity index (χ4v) is 12.1. The molecule has 0 unspecified atom stereocenters. The van der Waals surface area contributed by atoms with Crippen molar-refractivity contribution in [3.05, 3.63) is 245 Å². The lowest BCUT2D eigenvalue weighted by atomic mass is 9.80. The predicted octanol–water partition coefficient (Wildman–Crippen LogP) is 18.5. The van der Waals surface area contributed by atoms with E-state index in [1.165, 1.54) is 62.6 Å². The third-order valence-electron chi connectivity index (χ3n) is 11.8. The van der Waals surface area contributed by atoms with E-state index in [1.807, 2.05) is 89.4 Å². The SMILES string of the molecule is C.Clc1cc(-c2ccc(-c3ccccc3)cc2)cc(-c2cccc3c2sc2ccccc23)c1.Clc1cc(Br)cc(-c2cccc3c2sc2ccccc23)c1.OB(O)c1ccc(-c2ccccc2)cc1. The smallest absolute Gasteiger partial charge is 0.423 e. The number of hydrogen-bond donors (Lipinski definition) is 2. The molecular weight excluding hydrogens is 990 g/mol. The molecule has 0 bridgehead atoms. The Balaban J connectivity index is 0.000000138. The van der Waals surface area contributed by atoms with Gasteiger partial charge in [0.15, 0.2) is 0 Å². The first kappa shape index (κ1) is 47.7. The second-order valence-corrected chi connectivity index (χ2v) is 20.1. The van der Waals surface area contributed by atoms with E-state index in [-0.39, 0.29) is 7.43 Å². The second kappa shape index (κ2) is 21.5. The number of rotatable bonds is 6. The Morgan fingerprint density at radius 3 is 1.20 bits per heavy atom. The van der Waals surface area contributed by atoms with E-state index in [2.05, 4.69) is 168 Å². The molecule has 0 atom stereocenters. The maximum absolute atomic E-state index is 8.94. The van der Waals surface area contributed by atoms with E-state index >= 15 is 0 Å². The molecule has 0 amide bonds. The molecule has 2 heterocycles. The van der Waals surface area contributed by atoms with Gasteiger partial charge in [-0.05, 0) is 110 Å². The summed E-state index contributed by atoms with van der Waals surface area (Å²) in [6.07, 6.45) is 0. The van der Waals surface area contributed by atoms with Gasteiger partial charge < -0.3 is 10.0 Å². The van der Waals surface area contributed by atoms with E-state index in [4.69, 9.17) is 33.2 Å². The number of thiophene rings is 2. The first-order chi connectivity index (χ1) is 33.3. The Kier molecular flexibility index (Phi) is 14.9. The molecule has 12 aromatic rings. The van der Waals surface area contributed by atoms with E-state index in [1.54, 1.807) is 12.1 Å². The summed E-state index contributed by atoms with van der Waals surface area (Å²) in [5, 5.41) is 24.6. The fraction of sp³-hybridized carbons (Fsp3) is 0.0164. The molecule has 0 spiro atoms. The predicted molar refractivity (Wildman–Crippen MR) is 307 cm³/mol. The summed E-state index contributed by atoms with van der Waals surface area (Å²) in [6.45, 7) is 0. The normalized spacial score (nSPS) is 10.9. The molecule has 0 fully saturated rings. The van der Waals surface area contributed by atoms with Crippen LogP contribution >= 0.6 is 61.8 Å². The maximum atomic E-state index is 8.94. The minimum absolute atomic E-state index is 0. The summed E-state index contributed by atoms with van der Waals surface area (Å²) >= 11 is 20.0. The van der Waals surface area contributed by atoms with E-state index in [9.17, 15) is 0 Å². The van der Waals surface area contributed by atoms with Crippen LogP contribution in [0.25, 0.3) is 96.0 Å². The highest BCUT2D eigenvalue weighted by molar-refractivity contribution is 9.10. The molecule has 8 heteroatoms. The van der Waals surface area contributed by atoms with Crippen LogP contribution in [0.3, 0.4) is 0 Å². The van der Waals surface area contributed by atoms with Crippen molar-refractivity contribution in [2.45, 2.75) is 7.43 Å². The van der Waals surface area contributed by atoms with Crippen molar-refractivity contribution in [3.63, 3.8) is 0 Å². The van der Waals surface area contributed by atoms with Crippen molar-refractivity contribution < 1.29 is 10.0 Å². The minimum atomic E-state index is -1.39. The highest BCUT2D eigenvalue weighted by atomic mass is 79.9. The molecule has 0 aliphatic rings. The quantitative estimate of drug-likeness (QED) is 0.163. The Morgan fingerprint density at radius 1 is 0.348 bits per heavy atom. The molecule has 0 saturated carbocycles. The average Bonchev–Trinajstić information content (AvgIpc) is 3.96. The van der Waals surface area contributed by atoms with Crippen LogP contribution in [0.2, 0.25) is 10.0 Å². The number of hydrogen-bond acceptors (Lipinski definition) is 4. The van der Waals surface area contributed by atoms with Crippen molar-refractivity contribution in [2.24, 2.45) is 0 Å². The van der Waals surface area contributed by atoms with Gasteiger partial charge in [-0.1, -0.05) is 229 Å². The molecule has 0 aliphatic carbocycles. The van der Waals surface area contributed by atoms with Gasteiger partial charge in [0.2, 0.25) is 0 Å². The molecule has 10 aromatic carbocycles. The van der Waals surface area contributed by atoms with Crippen LogP contribution in [-0.2, 0) is 0 Å². The van der Waals surface area contributed by atoms with E-state index < -0.39 is 7.12 Å². The van der Waals surface area contributed by atoms with Gasteiger partial charge in [-0.25, -0.2) is 0 Å². The molecule has 2 aromatic heterocycles. The highest BCUT2D eigenvalue weighted by Gasteiger charge is 2.14. The Labute approximate surface area is 429 Å². The monoisotopic (exact) mass is 1030 g/mol. The molecule has 69 heavy (non-hydrogen) atoms. The second-order valence-electron chi connectivity index (χ2n) is 16.3. The first-order valence-electron chi connectivity index (χ1n) is 22.0. The lowest BCUT2D eigenvalue weighted by Gasteiger charge is -2.10. The van der Waals surface area contributed by atoms with Crippen LogP contribution in [-0.4, -0.2) is 17.2 Å². The average molecular weight is 1030 g/mol. The number of benzene rings is 10. The standard InChI is InChI=1S/C30H19ClS.C18H10BrClS.C12H11BO2.CH4/c31-25-18-23(22-15-13-21(14-16-22)20-7-2-1-3-8-20)17-24(19-25)26-10-6-11-28-27-9-4-5-12-29(27)32-30(26)28;19-12-8-11(9-13(20)10-12)14-5-3-6-16-15-4-1-2-7-17(15)21-18(14)16;14-13(15)12-8-6-11(7-9-12)10-4-2-1-3-5-10;/h1-19H;1-10H;1-9,14-15H;1H4. The fourth-order valence-electron chi connectivity index (χ4n) is 8.53. The topological polar surface area (TPSA) is 40.5 Å². The zero-order valence-electron chi connectivity index (χ0n) is 36.4. The van der Waals surface area contributed by atoms with Crippen molar-refractivity contribution in [2.75, 3.05) is 0 Å². The van der Waals surface area contributed by atoms with Crippen LogP contribution in [0.15, 0.2) is 235 Å². The van der Waals surface area contributed by atoms with Gasteiger partial charge in [-0.3, -0.25) is 0 Å². The van der Waals surface area contributed by atoms with Crippen LogP contribution in [0.1, 0.15) is 7.43 Å². The molecule has 0 aliphatic heterocycles. The third kappa shape index (κ3) is 10.6. The Hall–Kier alpha value is -6.32. The molecule has 0 radical (unpaired) electrons. The lowest BCUT2D eigenvalue weighted by Crippen LogP contribution is -2.29. The van der Waals surface area contributed by atoms with Gasteiger partial charge in [-0.15, -0.1) is 22.7 Å². The van der Waals surface area contributed by atoms with Crippen molar-refractivity contribution in [1.29, 1.82) is 0 Å². The first-order valence-corrected chi connectivity index (χ1v) is 25.2. The van der Waals surface area contributed by atoms with Gasteiger partial charge in [-0.2, -0.15) is 0 Å². The number of fused-ring (bicyclic) bond motifs is 6. The summed E-state index contributed by atoms with van der Waals surface area (Å²) in [6, 6.07) is 78.9. The summed E-state index contributed by atoms with van der Waals surface area (Å²) in [4.78, 5) is 0. The summed E-state index contributed by atoms with van der Waals surface area (Å²) < 4.78 is 6.26. The Bertz CT molecular complexity index is 3670. The van der Waals surface area contributed by atoms with Crippen LogP contribution in [0.4, 0.5) is 0 Å². The lowest BCUT2D eigenvalue weighted by molar-refractivity contribution is 0.426. The van der Waals surface area contributed by atoms with Gasteiger partial charge >= 0.3 is 7.12 Å². The summed E-state index contributed by atoms with van der Waals surface area (Å²) in [5.41, 5.74) is 12.2. The van der Waals surface area contributed by atoms with Gasteiger partial charge in [0, 0.05) is 54.9 Å². The molecule has 0 saturated heterocycles. The van der Waals surface area contributed by atoms with Gasteiger partial charge in [0.05, 0.1) is 0 Å². The van der Waals surface area contributed by atoms with Crippen LogP contribution < -0.4 is 5.46 Å². The Morgan fingerprint density at radius 2 is 0.725 bits per heavy atom. The molecular formula is C61H44BBrCl2O2S2. The molecule has 336 valence electrons. The van der Waals surface area contributed by atoms with Crippen LogP contribution in [0.5, 0.6) is 0 Å². The minimum Gasteiger partial charge on any atom is -0.423 e. The molecule has 12 rings (SSSR count). The van der Waals surface area contributed by atoms with Crippen molar-refractivity contribution in [3.8, 4) is 55.6 Å². The summed E-state index contributed by atoms with van der Waals surface area (Å²) in [5.74, 6) is 0. The van der Waals surface area contributed by atoms with E-state index in [0.29, 0.717) is 5.46 Å². The van der Waals surface area contributed by atoms with E-state index in [0.717, 1.165) is 47.9 Å². The largest absolute Gasteiger partial charge is 0.488 e. The zero-order valence-corrected chi connectivity index (χ0v) is 41.1. The van der Waals surface area contributed by atoms with Gasteiger partial charge in [0.25, 0.3) is 0 Å². The van der Waals surface area contributed by atoms with Crippen LogP contribution in [0, 0.1) is 0 Å². The molecule has 2 nitrogen and oxygen atoms in total. The van der Waals surface area contributed by atoms with Crippen molar-refractivity contribution >= 4 is 115 Å².